The van der Waals surface area contributed by atoms with Crippen molar-refractivity contribution in [2.45, 2.75) is 45.5 Å². The number of halogens is 4. The van der Waals surface area contributed by atoms with Crippen LogP contribution in [0.4, 0.5) is 13.2 Å². The number of likely N-dealkylation sites (tertiary alicyclic amines) is 1. The summed E-state index contributed by atoms with van der Waals surface area (Å²) in [5.74, 6) is 0.599. The van der Waals surface area contributed by atoms with Crippen LogP contribution in [-0.4, -0.2) is 55.3 Å². The lowest BCUT2D eigenvalue weighted by molar-refractivity contribution is -0.274. The van der Waals surface area contributed by atoms with Gasteiger partial charge in [0.1, 0.15) is 5.75 Å². The molecular formula is C19H28F3IN4O2. The van der Waals surface area contributed by atoms with Crippen molar-refractivity contribution in [3.8, 4) is 5.75 Å². The lowest BCUT2D eigenvalue weighted by Crippen LogP contribution is -2.45. The van der Waals surface area contributed by atoms with Crippen molar-refractivity contribution in [1.82, 2.24) is 15.5 Å². The van der Waals surface area contributed by atoms with Crippen LogP contribution in [0.15, 0.2) is 29.3 Å². The van der Waals surface area contributed by atoms with Gasteiger partial charge in [0, 0.05) is 38.6 Å². The molecule has 2 N–H and O–H groups in total. The van der Waals surface area contributed by atoms with Crippen molar-refractivity contribution in [2.24, 2.45) is 4.99 Å². The van der Waals surface area contributed by atoms with Gasteiger partial charge in [0.05, 0.1) is 0 Å². The molecule has 29 heavy (non-hydrogen) atoms. The maximum absolute atomic E-state index is 12.2. The fourth-order valence-corrected chi connectivity index (χ4v) is 3.00. The maximum atomic E-state index is 12.2. The van der Waals surface area contributed by atoms with E-state index in [2.05, 4.69) is 20.4 Å². The zero-order chi connectivity index (χ0) is 20.6. The van der Waals surface area contributed by atoms with E-state index in [9.17, 15) is 18.0 Å². The molecule has 1 aromatic carbocycles. The van der Waals surface area contributed by atoms with Crippen LogP contribution in [-0.2, 0) is 11.2 Å². The minimum atomic E-state index is -4.68. The van der Waals surface area contributed by atoms with Crippen molar-refractivity contribution in [2.75, 3.05) is 26.2 Å². The van der Waals surface area contributed by atoms with E-state index in [0.29, 0.717) is 38.4 Å². The molecule has 0 saturated carbocycles. The number of nitrogens with one attached hydrogen (secondary N) is 2. The lowest BCUT2D eigenvalue weighted by Gasteiger charge is -2.18. The van der Waals surface area contributed by atoms with Gasteiger partial charge in [-0.05, 0) is 37.5 Å². The molecule has 1 saturated heterocycles. The third-order valence-electron chi connectivity index (χ3n) is 4.36. The second-order valence-corrected chi connectivity index (χ2v) is 6.53. The number of amides is 1. The molecule has 1 fully saturated rings. The van der Waals surface area contributed by atoms with Crippen molar-refractivity contribution in [3.05, 3.63) is 29.8 Å². The van der Waals surface area contributed by atoms with Crippen LogP contribution < -0.4 is 15.4 Å². The summed E-state index contributed by atoms with van der Waals surface area (Å²) in [5.41, 5.74) is 0.870. The van der Waals surface area contributed by atoms with Crippen molar-refractivity contribution in [3.63, 3.8) is 0 Å². The molecule has 0 bridgehead atoms. The van der Waals surface area contributed by atoms with Gasteiger partial charge in [0.15, 0.2) is 5.96 Å². The molecule has 164 valence electrons. The van der Waals surface area contributed by atoms with Gasteiger partial charge in [-0.2, -0.15) is 0 Å². The molecule has 1 aliphatic rings. The highest BCUT2D eigenvalue weighted by molar-refractivity contribution is 14.0. The summed E-state index contributed by atoms with van der Waals surface area (Å²) in [4.78, 5) is 18.2. The topological polar surface area (TPSA) is 66.0 Å². The Labute approximate surface area is 186 Å². The Bertz CT molecular complexity index is 668. The maximum Gasteiger partial charge on any atom is 0.573 e. The number of benzene rings is 1. The Morgan fingerprint density at radius 2 is 1.97 bits per heavy atom. The van der Waals surface area contributed by atoms with Gasteiger partial charge >= 0.3 is 6.36 Å². The fraction of sp³-hybridized carbons (Fsp3) is 0.579. The van der Waals surface area contributed by atoms with Crippen LogP contribution in [0.25, 0.3) is 0 Å². The summed E-state index contributed by atoms with van der Waals surface area (Å²) >= 11 is 0. The average Bonchev–Trinajstić information content (AvgIpc) is 3.10. The highest BCUT2D eigenvalue weighted by Gasteiger charge is 2.31. The van der Waals surface area contributed by atoms with Crippen molar-refractivity contribution < 1.29 is 22.7 Å². The van der Waals surface area contributed by atoms with Gasteiger partial charge in [0.25, 0.3) is 0 Å². The van der Waals surface area contributed by atoms with Gasteiger partial charge < -0.3 is 20.3 Å². The largest absolute Gasteiger partial charge is 0.573 e. The van der Waals surface area contributed by atoms with E-state index in [1.54, 1.807) is 12.1 Å². The van der Waals surface area contributed by atoms with Gasteiger partial charge in [-0.15, -0.1) is 37.1 Å². The number of rotatable bonds is 7. The van der Waals surface area contributed by atoms with Crippen LogP contribution in [0.5, 0.6) is 5.75 Å². The van der Waals surface area contributed by atoms with Crippen LogP contribution in [0.1, 0.15) is 32.3 Å². The highest BCUT2D eigenvalue weighted by Crippen LogP contribution is 2.22. The Kier molecular flexibility index (Phi) is 10.5. The SMILES string of the molecule is CCNC(=NCCc1ccc(OC(F)(F)F)cc1)NC1CCN(C(=O)CC)C1.I. The number of hydrogen-bond acceptors (Lipinski definition) is 3. The third kappa shape index (κ3) is 9.09. The molecule has 1 unspecified atom stereocenters. The van der Waals surface area contributed by atoms with Gasteiger partial charge in [-0.3, -0.25) is 9.79 Å². The molecular weight excluding hydrogens is 500 g/mol. The number of alkyl halides is 3. The van der Waals surface area contributed by atoms with Crippen LogP contribution in [0.2, 0.25) is 0 Å². The highest BCUT2D eigenvalue weighted by atomic mass is 127. The molecule has 0 aliphatic carbocycles. The van der Waals surface area contributed by atoms with Crippen molar-refractivity contribution in [1.29, 1.82) is 0 Å². The Hall–Kier alpha value is -1.72. The fourth-order valence-electron chi connectivity index (χ4n) is 3.00. The van der Waals surface area contributed by atoms with Crippen LogP contribution in [0.3, 0.4) is 0 Å². The summed E-state index contributed by atoms with van der Waals surface area (Å²) in [7, 11) is 0. The van der Waals surface area contributed by atoms with E-state index in [0.717, 1.165) is 18.5 Å². The first-order valence-corrected chi connectivity index (χ1v) is 9.48. The molecule has 0 aromatic heterocycles. The van der Waals surface area contributed by atoms with E-state index in [4.69, 9.17) is 0 Å². The van der Waals surface area contributed by atoms with E-state index < -0.39 is 6.36 Å². The Balaban J connectivity index is 0.00000420. The molecule has 1 heterocycles. The smallest absolute Gasteiger partial charge is 0.406 e. The summed E-state index contributed by atoms with van der Waals surface area (Å²) < 4.78 is 40.4. The number of nitrogens with zero attached hydrogens (tertiary/aromatic N) is 2. The number of carbonyl (C=O) groups excluding carboxylic acids is 1. The predicted molar refractivity (Wildman–Crippen MR) is 117 cm³/mol. The molecule has 10 heteroatoms. The molecule has 1 aromatic rings. The number of ether oxygens (including phenoxy) is 1. The van der Waals surface area contributed by atoms with Crippen LogP contribution in [0, 0.1) is 0 Å². The minimum absolute atomic E-state index is 0. The van der Waals surface area contributed by atoms with E-state index in [1.807, 2.05) is 18.7 Å². The summed E-state index contributed by atoms with van der Waals surface area (Å²) in [6, 6.07) is 5.96. The first kappa shape index (κ1) is 25.3. The molecule has 6 nitrogen and oxygen atoms in total. The summed E-state index contributed by atoms with van der Waals surface area (Å²) in [6.07, 6.45) is -2.71. The molecule has 0 radical (unpaired) electrons. The second-order valence-electron chi connectivity index (χ2n) is 6.53. The summed E-state index contributed by atoms with van der Waals surface area (Å²) in [5, 5.41) is 6.53. The minimum Gasteiger partial charge on any atom is -0.406 e. The third-order valence-corrected chi connectivity index (χ3v) is 4.36. The van der Waals surface area contributed by atoms with Crippen LogP contribution >= 0.6 is 24.0 Å². The molecule has 2 rings (SSSR count). The zero-order valence-corrected chi connectivity index (χ0v) is 18.9. The van der Waals surface area contributed by atoms with E-state index in [-0.39, 0.29) is 41.7 Å². The standard InChI is InChI=1S/C19H27F3N4O2.HI/c1-3-17(27)26-12-10-15(13-26)25-18(23-4-2)24-11-9-14-5-7-16(8-6-14)28-19(20,21)22;/h5-8,15H,3-4,9-13H2,1-2H3,(H2,23,24,25);1H. The molecule has 1 amide bonds. The van der Waals surface area contributed by atoms with E-state index >= 15 is 0 Å². The molecule has 1 aliphatic heterocycles. The number of aliphatic imine (C=N–C) groups is 1. The van der Waals surface area contributed by atoms with Gasteiger partial charge in [-0.25, -0.2) is 0 Å². The van der Waals surface area contributed by atoms with Gasteiger partial charge in [0.2, 0.25) is 5.91 Å². The van der Waals surface area contributed by atoms with Gasteiger partial charge in [-0.1, -0.05) is 19.1 Å². The predicted octanol–water partition coefficient (Wildman–Crippen LogP) is 3.31. The number of hydrogen-bond donors (Lipinski definition) is 2. The zero-order valence-electron chi connectivity index (χ0n) is 16.6. The second kappa shape index (κ2) is 12.1. The Morgan fingerprint density at radius 3 is 2.55 bits per heavy atom. The normalized spacial score (nSPS) is 16.9. The monoisotopic (exact) mass is 528 g/mol. The Morgan fingerprint density at radius 1 is 1.28 bits per heavy atom. The number of carbonyl (C=O) groups is 1. The number of guanidine groups is 1. The molecule has 0 spiro atoms. The first-order valence-electron chi connectivity index (χ1n) is 9.48. The summed E-state index contributed by atoms with van der Waals surface area (Å²) in [6.45, 7) is 6.43. The first-order chi connectivity index (χ1) is 13.3. The molecule has 1 atom stereocenters. The van der Waals surface area contributed by atoms with Crippen molar-refractivity contribution >= 4 is 35.8 Å². The van der Waals surface area contributed by atoms with E-state index in [1.165, 1.54) is 12.1 Å². The average molecular weight is 528 g/mol. The lowest BCUT2D eigenvalue weighted by atomic mass is 10.1. The quantitative estimate of drug-likeness (QED) is 0.324.